The van der Waals surface area contributed by atoms with Gasteiger partial charge in [0.25, 0.3) is 0 Å². The first-order valence-corrected chi connectivity index (χ1v) is 8.64. The summed E-state index contributed by atoms with van der Waals surface area (Å²) in [6.45, 7) is 4.12. The minimum atomic E-state index is -1.26. The molecule has 1 aliphatic rings. The number of likely N-dealkylation sites (tertiary alicyclic amines) is 1. The Hall–Kier alpha value is -3.13. The van der Waals surface area contributed by atoms with E-state index in [0.717, 1.165) is 17.8 Å². The number of rotatable bonds is 7. The van der Waals surface area contributed by atoms with Gasteiger partial charge in [-0.05, 0) is 31.5 Å². The highest BCUT2D eigenvalue weighted by Crippen LogP contribution is 2.20. The summed E-state index contributed by atoms with van der Waals surface area (Å²) in [5.41, 5.74) is 2.13. The molecule has 0 bridgehead atoms. The van der Waals surface area contributed by atoms with E-state index in [1.165, 1.54) is 25.9 Å². The number of benzene rings is 1. The van der Waals surface area contributed by atoms with Crippen molar-refractivity contribution in [3.05, 3.63) is 48.6 Å². The Morgan fingerprint density at radius 3 is 2.33 bits per heavy atom. The number of aliphatic carboxylic acids is 2. The molecule has 2 heterocycles. The Balaban J connectivity index is 0.000000279. The van der Waals surface area contributed by atoms with Gasteiger partial charge in [-0.3, -0.25) is 10.00 Å². The van der Waals surface area contributed by atoms with E-state index in [1.54, 1.807) is 0 Å². The van der Waals surface area contributed by atoms with Crippen LogP contribution < -0.4 is 4.74 Å². The number of nitrogens with zero attached hydrogens (tertiary/aromatic N) is 2. The number of hydrogen-bond donors (Lipinski definition) is 3. The Kier molecular flexibility index (Phi) is 8.05. The molecule has 1 aromatic carbocycles. The van der Waals surface area contributed by atoms with Crippen LogP contribution in [0.1, 0.15) is 12.8 Å². The summed E-state index contributed by atoms with van der Waals surface area (Å²) >= 11 is 0. The van der Waals surface area contributed by atoms with Crippen molar-refractivity contribution in [1.82, 2.24) is 15.1 Å². The van der Waals surface area contributed by atoms with Crippen LogP contribution in [0.4, 0.5) is 0 Å². The summed E-state index contributed by atoms with van der Waals surface area (Å²) in [7, 11) is 0. The fourth-order valence-corrected chi connectivity index (χ4v) is 2.57. The fourth-order valence-electron chi connectivity index (χ4n) is 2.57. The van der Waals surface area contributed by atoms with Crippen molar-refractivity contribution in [3.8, 4) is 17.1 Å². The lowest BCUT2D eigenvalue weighted by molar-refractivity contribution is -0.134. The van der Waals surface area contributed by atoms with Gasteiger partial charge >= 0.3 is 11.9 Å². The van der Waals surface area contributed by atoms with Gasteiger partial charge in [0.2, 0.25) is 5.88 Å². The highest BCUT2D eigenvalue weighted by Gasteiger charge is 2.11. The third kappa shape index (κ3) is 7.74. The topological polar surface area (TPSA) is 116 Å². The first-order valence-electron chi connectivity index (χ1n) is 8.64. The molecule has 0 radical (unpaired) electrons. The molecule has 1 aromatic heterocycles. The second kappa shape index (κ2) is 10.8. The second-order valence-corrected chi connectivity index (χ2v) is 5.89. The number of hydrogen-bond acceptors (Lipinski definition) is 5. The van der Waals surface area contributed by atoms with E-state index >= 15 is 0 Å². The molecule has 1 fully saturated rings. The van der Waals surface area contributed by atoms with Crippen molar-refractivity contribution in [3.63, 3.8) is 0 Å². The number of nitrogens with one attached hydrogen (secondary N) is 1. The summed E-state index contributed by atoms with van der Waals surface area (Å²) in [5.74, 6) is -1.84. The summed E-state index contributed by atoms with van der Waals surface area (Å²) in [4.78, 5) is 21.5. The van der Waals surface area contributed by atoms with E-state index < -0.39 is 11.9 Å². The molecule has 0 saturated carbocycles. The molecule has 0 spiro atoms. The van der Waals surface area contributed by atoms with Gasteiger partial charge in [-0.1, -0.05) is 30.3 Å². The lowest BCUT2D eigenvalue weighted by Gasteiger charge is -2.13. The van der Waals surface area contributed by atoms with E-state index in [9.17, 15) is 9.59 Å². The second-order valence-electron chi connectivity index (χ2n) is 5.89. The number of aromatic amines is 1. The zero-order valence-electron chi connectivity index (χ0n) is 14.9. The largest absolute Gasteiger partial charge is 0.478 e. The summed E-state index contributed by atoms with van der Waals surface area (Å²) in [6, 6.07) is 12.1. The molecule has 8 nitrogen and oxygen atoms in total. The smallest absolute Gasteiger partial charge is 0.328 e. The number of carbonyl (C=O) groups is 2. The number of ether oxygens (including phenoxy) is 1. The van der Waals surface area contributed by atoms with Crippen LogP contribution in [0.25, 0.3) is 11.3 Å². The normalized spacial score (nSPS) is 13.9. The van der Waals surface area contributed by atoms with Crippen molar-refractivity contribution in [2.45, 2.75) is 12.8 Å². The van der Waals surface area contributed by atoms with Crippen molar-refractivity contribution in [2.75, 3.05) is 26.2 Å². The molecule has 1 aliphatic heterocycles. The first-order chi connectivity index (χ1) is 13.0. The molecule has 2 aromatic rings. The Labute approximate surface area is 157 Å². The maximum atomic E-state index is 9.55. The lowest BCUT2D eigenvalue weighted by Crippen LogP contribution is -2.25. The SMILES string of the molecule is O=C(O)/C=C\C(=O)O.c1ccc(-c2cc(OCCN3CCCC3)n[nH]2)cc1. The lowest BCUT2D eigenvalue weighted by atomic mass is 10.2. The molecule has 0 amide bonds. The standard InChI is InChI=1S/C15H19N3O.C4H4O4/c1-2-6-13(7-3-1)14-12-15(17-16-14)19-11-10-18-8-4-5-9-18;5-3(6)1-2-4(7)8/h1-3,6-7,12H,4-5,8-11H2,(H,16,17);1-2H,(H,5,6)(H,7,8)/b;2-1-. The minimum Gasteiger partial charge on any atom is -0.478 e. The third-order valence-electron chi connectivity index (χ3n) is 3.86. The van der Waals surface area contributed by atoms with E-state index in [1.807, 2.05) is 24.3 Å². The molecular weight excluding hydrogens is 350 g/mol. The molecule has 0 aliphatic carbocycles. The van der Waals surface area contributed by atoms with Crippen LogP contribution in [-0.2, 0) is 9.59 Å². The van der Waals surface area contributed by atoms with Gasteiger partial charge < -0.3 is 14.9 Å². The van der Waals surface area contributed by atoms with Gasteiger partial charge in [-0.25, -0.2) is 9.59 Å². The maximum absolute atomic E-state index is 9.55. The summed E-state index contributed by atoms with van der Waals surface area (Å²) in [6.07, 6.45) is 3.76. The van der Waals surface area contributed by atoms with Gasteiger partial charge in [0, 0.05) is 24.8 Å². The number of H-pyrrole nitrogens is 1. The average Bonchev–Trinajstić information content (AvgIpc) is 3.33. The van der Waals surface area contributed by atoms with E-state index in [4.69, 9.17) is 14.9 Å². The Morgan fingerprint density at radius 1 is 1.11 bits per heavy atom. The van der Waals surface area contributed by atoms with Crippen molar-refractivity contribution in [1.29, 1.82) is 0 Å². The molecule has 3 N–H and O–H groups in total. The van der Waals surface area contributed by atoms with Crippen LogP contribution >= 0.6 is 0 Å². The van der Waals surface area contributed by atoms with Crippen molar-refractivity contribution in [2.24, 2.45) is 0 Å². The number of aromatic nitrogens is 2. The van der Waals surface area contributed by atoms with Gasteiger partial charge in [-0.15, -0.1) is 5.10 Å². The zero-order chi connectivity index (χ0) is 19.5. The predicted molar refractivity (Wildman–Crippen MR) is 99.6 cm³/mol. The molecule has 144 valence electrons. The monoisotopic (exact) mass is 373 g/mol. The van der Waals surface area contributed by atoms with Crippen LogP contribution in [0.5, 0.6) is 5.88 Å². The molecule has 1 saturated heterocycles. The molecule has 0 unspecified atom stereocenters. The highest BCUT2D eigenvalue weighted by atomic mass is 16.5. The van der Waals surface area contributed by atoms with Gasteiger partial charge in [0.1, 0.15) is 6.61 Å². The molecule has 27 heavy (non-hydrogen) atoms. The van der Waals surface area contributed by atoms with Gasteiger partial charge in [0.15, 0.2) is 0 Å². The predicted octanol–water partition coefficient (Wildman–Crippen LogP) is 2.26. The van der Waals surface area contributed by atoms with Crippen LogP contribution in [0, 0.1) is 0 Å². The number of carboxylic acid groups (broad SMARTS) is 2. The number of carboxylic acids is 2. The van der Waals surface area contributed by atoms with Gasteiger partial charge in [0.05, 0.1) is 5.69 Å². The quantitative estimate of drug-likeness (QED) is 0.638. The zero-order valence-corrected chi connectivity index (χ0v) is 14.9. The Bertz CT molecular complexity index is 736. The first kappa shape index (κ1) is 20.2. The molecular formula is C19H23N3O5. The van der Waals surface area contributed by atoms with E-state index in [2.05, 4.69) is 27.2 Å². The fraction of sp³-hybridized carbons (Fsp3) is 0.316. The summed E-state index contributed by atoms with van der Waals surface area (Å²) < 4.78 is 5.69. The van der Waals surface area contributed by atoms with E-state index in [-0.39, 0.29) is 0 Å². The highest BCUT2D eigenvalue weighted by molar-refractivity contribution is 5.89. The van der Waals surface area contributed by atoms with Crippen LogP contribution in [-0.4, -0.2) is 63.5 Å². The van der Waals surface area contributed by atoms with Crippen LogP contribution in [0.2, 0.25) is 0 Å². The van der Waals surface area contributed by atoms with Crippen LogP contribution in [0.3, 0.4) is 0 Å². The summed E-state index contributed by atoms with van der Waals surface area (Å²) in [5, 5.41) is 22.8. The van der Waals surface area contributed by atoms with E-state index in [0.29, 0.717) is 24.6 Å². The molecule has 8 heteroatoms. The minimum absolute atomic E-state index is 0.558. The van der Waals surface area contributed by atoms with Crippen molar-refractivity contribution < 1.29 is 24.5 Å². The van der Waals surface area contributed by atoms with Crippen LogP contribution in [0.15, 0.2) is 48.6 Å². The molecule has 3 rings (SSSR count). The van der Waals surface area contributed by atoms with Crippen molar-refractivity contribution >= 4 is 11.9 Å². The third-order valence-corrected chi connectivity index (χ3v) is 3.86. The average molecular weight is 373 g/mol. The molecule has 0 atom stereocenters. The maximum Gasteiger partial charge on any atom is 0.328 e. The Morgan fingerprint density at radius 2 is 1.74 bits per heavy atom. The van der Waals surface area contributed by atoms with Gasteiger partial charge in [-0.2, -0.15) is 0 Å².